The molecule has 0 saturated carbocycles. The summed E-state index contributed by atoms with van der Waals surface area (Å²) in [5, 5.41) is 10.4. The molecule has 0 spiro atoms. The average Bonchev–Trinajstić information content (AvgIpc) is 2.69. The van der Waals surface area contributed by atoms with Gasteiger partial charge in [-0.25, -0.2) is 0 Å². The van der Waals surface area contributed by atoms with E-state index in [4.69, 9.17) is 19.9 Å². The summed E-state index contributed by atoms with van der Waals surface area (Å²) < 4.78 is 16.8. The first-order valence-electron chi connectivity index (χ1n) is 8.97. The lowest BCUT2D eigenvalue weighted by Crippen LogP contribution is -2.26. The molecular weight excluding hydrogens is 366 g/mol. The number of benzene rings is 2. The molecule has 0 saturated heterocycles. The second-order valence-corrected chi connectivity index (χ2v) is 6.25. The van der Waals surface area contributed by atoms with Crippen molar-refractivity contribution in [3.63, 3.8) is 0 Å². The van der Waals surface area contributed by atoms with Crippen LogP contribution in [0, 0.1) is 0 Å². The highest BCUT2D eigenvalue weighted by Crippen LogP contribution is 2.38. The van der Waals surface area contributed by atoms with E-state index < -0.39 is 12.1 Å². The molecule has 5 nitrogen and oxygen atoms in total. The van der Waals surface area contributed by atoms with E-state index in [0.717, 1.165) is 18.4 Å². The van der Waals surface area contributed by atoms with E-state index in [1.165, 1.54) is 0 Å². The van der Waals surface area contributed by atoms with Crippen molar-refractivity contribution in [1.29, 1.82) is 0 Å². The van der Waals surface area contributed by atoms with Gasteiger partial charge < -0.3 is 25.1 Å². The Labute approximate surface area is 167 Å². The first-order valence-corrected chi connectivity index (χ1v) is 8.97. The number of ether oxygens (including phenoxy) is 3. The fourth-order valence-corrected chi connectivity index (χ4v) is 2.80. The van der Waals surface area contributed by atoms with Gasteiger partial charge in [-0.15, -0.1) is 12.4 Å². The highest BCUT2D eigenvalue weighted by atomic mass is 35.5. The van der Waals surface area contributed by atoms with E-state index in [1.807, 2.05) is 30.3 Å². The molecule has 2 atom stereocenters. The maximum Gasteiger partial charge on any atom is 0.164 e. The summed E-state index contributed by atoms with van der Waals surface area (Å²) >= 11 is 0. The summed E-state index contributed by atoms with van der Waals surface area (Å²) in [6, 6.07) is 12.9. The lowest BCUT2D eigenvalue weighted by Gasteiger charge is -2.23. The minimum absolute atomic E-state index is 0. The van der Waals surface area contributed by atoms with Crippen LogP contribution in [-0.4, -0.2) is 25.4 Å². The van der Waals surface area contributed by atoms with Crippen LogP contribution in [0.1, 0.15) is 43.4 Å². The van der Waals surface area contributed by atoms with Crippen molar-refractivity contribution in [3.05, 3.63) is 53.6 Å². The number of hydrogen-bond acceptors (Lipinski definition) is 5. The molecule has 0 heterocycles. The lowest BCUT2D eigenvalue weighted by atomic mass is 9.97. The fraction of sp³-hybridized carbons (Fsp3) is 0.429. The Morgan fingerprint density at radius 2 is 1.63 bits per heavy atom. The van der Waals surface area contributed by atoms with Crippen LogP contribution in [0.15, 0.2) is 42.5 Å². The molecular formula is C21H30ClNO4. The van der Waals surface area contributed by atoms with Crippen molar-refractivity contribution >= 4 is 12.4 Å². The minimum Gasteiger partial charge on any atom is -0.493 e. The Hall–Kier alpha value is -1.95. The second-order valence-electron chi connectivity index (χ2n) is 6.25. The van der Waals surface area contributed by atoms with E-state index in [-0.39, 0.29) is 12.4 Å². The number of hydrogen-bond donors (Lipinski definition) is 2. The summed E-state index contributed by atoms with van der Waals surface area (Å²) in [6.45, 7) is 2.49. The number of aliphatic hydroxyl groups excluding tert-OH is 1. The van der Waals surface area contributed by atoms with Gasteiger partial charge in [0.2, 0.25) is 0 Å². The lowest BCUT2D eigenvalue weighted by molar-refractivity contribution is 0.130. The minimum atomic E-state index is -0.646. The molecule has 2 aromatic rings. The molecule has 0 aliphatic rings. The van der Waals surface area contributed by atoms with Crippen LogP contribution in [0.5, 0.6) is 17.2 Å². The Morgan fingerprint density at radius 1 is 1.00 bits per heavy atom. The summed E-state index contributed by atoms with van der Waals surface area (Å²) in [7, 11) is 3.15. The third kappa shape index (κ3) is 6.31. The topological polar surface area (TPSA) is 73.9 Å². The first kappa shape index (κ1) is 23.1. The molecule has 2 rings (SSSR count). The largest absolute Gasteiger partial charge is 0.493 e. The number of rotatable bonds is 10. The maximum absolute atomic E-state index is 10.4. The second kappa shape index (κ2) is 11.7. The highest BCUT2D eigenvalue weighted by Gasteiger charge is 2.23. The molecule has 0 aliphatic heterocycles. The van der Waals surface area contributed by atoms with Crippen molar-refractivity contribution in [2.24, 2.45) is 5.73 Å². The number of halogens is 1. The monoisotopic (exact) mass is 395 g/mol. The Bertz CT molecular complexity index is 681. The maximum atomic E-state index is 10.4. The van der Waals surface area contributed by atoms with Gasteiger partial charge in [-0.2, -0.15) is 0 Å². The van der Waals surface area contributed by atoms with Gasteiger partial charge in [-0.1, -0.05) is 50.1 Å². The van der Waals surface area contributed by atoms with Crippen LogP contribution in [0.3, 0.4) is 0 Å². The molecule has 0 aliphatic carbocycles. The molecule has 6 heteroatoms. The average molecular weight is 396 g/mol. The zero-order valence-electron chi connectivity index (χ0n) is 16.2. The molecule has 0 fully saturated rings. The SMILES string of the molecule is CCCC[C@H](O)[C@H](N)c1cc(OC)c(OC)cc1OCc1ccccc1.Cl. The summed E-state index contributed by atoms with van der Waals surface area (Å²) in [5.74, 6) is 1.72. The van der Waals surface area contributed by atoms with Gasteiger partial charge in [0.05, 0.1) is 26.4 Å². The van der Waals surface area contributed by atoms with Gasteiger partial charge in [0.1, 0.15) is 12.4 Å². The van der Waals surface area contributed by atoms with Gasteiger partial charge in [-0.05, 0) is 18.1 Å². The van der Waals surface area contributed by atoms with Crippen molar-refractivity contribution in [2.45, 2.75) is 44.9 Å². The summed E-state index contributed by atoms with van der Waals surface area (Å²) in [4.78, 5) is 0. The quantitative estimate of drug-likeness (QED) is 0.628. The number of methoxy groups -OCH3 is 2. The molecule has 0 aromatic heterocycles. The third-order valence-electron chi connectivity index (χ3n) is 4.38. The Balaban J connectivity index is 0.00000364. The van der Waals surface area contributed by atoms with Crippen molar-refractivity contribution in [3.8, 4) is 17.2 Å². The molecule has 0 bridgehead atoms. The van der Waals surface area contributed by atoms with E-state index >= 15 is 0 Å². The van der Waals surface area contributed by atoms with E-state index in [2.05, 4.69) is 6.92 Å². The Morgan fingerprint density at radius 3 is 2.22 bits per heavy atom. The van der Waals surface area contributed by atoms with Gasteiger partial charge in [0.25, 0.3) is 0 Å². The molecule has 0 unspecified atom stereocenters. The van der Waals surface area contributed by atoms with Crippen LogP contribution < -0.4 is 19.9 Å². The van der Waals surface area contributed by atoms with Crippen LogP contribution in [0.4, 0.5) is 0 Å². The van der Waals surface area contributed by atoms with E-state index in [9.17, 15) is 5.11 Å². The summed E-state index contributed by atoms with van der Waals surface area (Å²) in [6.07, 6.45) is 1.92. The zero-order valence-corrected chi connectivity index (χ0v) is 17.0. The molecule has 150 valence electrons. The van der Waals surface area contributed by atoms with Crippen molar-refractivity contribution in [2.75, 3.05) is 14.2 Å². The molecule has 2 aromatic carbocycles. The normalized spacial score (nSPS) is 12.6. The Kier molecular flexibility index (Phi) is 10.0. The predicted octanol–water partition coefficient (Wildman–Crippen LogP) is 4.26. The standard InChI is InChI=1S/C21H29NO4.ClH/c1-4-5-11-17(23)21(22)16-12-19(24-2)20(25-3)13-18(16)26-14-15-9-7-6-8-10-15;/h6-10,12-13,17,21,23H,4-5,11,14,22H2,1-3H3;1H/t17-,21+;/m0./s1. The van der Waals surface area contributed by atoms with Gasteiger partial charge in [0.15, 0.2) is 11.5 Å². The molecule has 27 heavy (non-hydrogen) atoms. The smallest absolute Gasteiger partial charge is 0.164 e. The molecule has 0 amide bonds. The number of nitrogens with two attached hydrogens (primary N) is 1. The van der Waals surface area contributed by atoms with Gasteiger partial charge >= 0.3 is 0 Å². The van der Waals surface area contributed by atoms with Gasteiger partial charge in [0, 0.05) is 11.6 Å². The van der Waals surface area contributed by atoms with Crippen molar-refractivity contribution in [1.82, 2.24) is 0 Å². The number of aliphatic hydroxyl groups is 1. The number of unbranched alkanes of at least 4 members (excludes halogenated alkanes) is 1. The zero-order chi connectivity index (χ0) is 18.9. The fourth-order valence-electron chi connectivity index (χ4n) is 2.80. The van der Waals surface area contributed by atoms with Crippen LogP contribution >= 0.6 is 12.4 Å². The first-order chi connectivity index (χ1) is 12.6. The molecule has 0 radical (unpaired) electrons. The van der Waals surface area contributed by atoms with Crippen LogP contribution in [-0.2, 0) is 6.61 Å². The molecule has 3 N–H and O–H groups in total. The van der Waals surface area contributed by atoms with Crippen LogP contribution in [0.2, 0.25) is 0 Å². The van der Waals surface area contributed by atoms with E-state index in [1.54, 1.807) is 26.4 Å². The van der Waals surface area contributed by atoms with Gasteiger partial charge in [-0.3, -0.25) is 0 Å². The van der Waals surface area contributed by atoms with Crippen LogP contribution in [0.25, 0.3) is 0 Å². The van der Waals surface area contributed by atoms with E-state index in [0.29, 0.717) is 35.8 Å². The highest BCUT2D eigenvalue weighted by molar-refractivity contribution is 5.85. The van der Waals surface area contributed by atoms with Crippen molar-refractivity contribution < 1.29 is 19.3 Å². The third-order valence-corrected chi connectivity index (χ3v) is 4.38. The predicted molar refractivity (Wildman–Crippen MR) is 110 cm³/mol. The summed E-state index contributed by atoms with van der Waals surface area (Å²) in [5.41, 5.74) is 8.10.